The number of carboxylic acid groups (broad SMARTS) is 1. The second kappa shape index (κ2) is 6.86. The van der Waals surface area contributed by atoms with Crippen molar-refractivity contribution in [3.8, 4) is 0 Å². The van der Waals surface area contributed by atoms with Gasteiger partial charge in [0.1, 0.15) is 6.04 Å². The molecule has 1 rings (SSSR count). The van der Waals surface area contributed by atoms with Crippen molar-refractivity contribution in [1.29, 1.82) is 0 Å². The van der Waals surface area contributed by atoms with Crippen molar-refractivity contribution in [1.82, 2.24) is 10.2 Å². The number of carboxylic acids is 1. The van der Waals surface area contributed by atoms with E-state index in [0.717, 1.165) is 25.9 Å². The molecule has 16 heavy (non-hydrogen) atoms. The monoisotopic (exact) mass is 228 g/mol. The van der Waals surface area contributed by atoms with Gasteiger partial charge in [-0.05, 0) is 45.3 Å². The third-order valence-electron chi connectivity index (χ3n) is 3.27. The van der Waals surface area contributed by atoms with Crippen LogP contribution in [0.1, 0.15) is 39.5 Å². The van der Waals surface area contributed by atoms with Crippen LogP contribution in [0.3, 0.4) is 0 Å². The summed E-state index contributed by atoms with van der Waals surface area (Å²) in [7, 11) is 0. The van der Waals surface area contributed by atoms with Gasteiger partial charge in [-0.3, -0.25) is 4.79 Å². The molecule has 1 unspecified atom stereocenters. The molecular weight excluding hydrogens is 204 g/mol. The summed E-state index contributed by atoms with van der Waals surface area (Å²) < 4.78 is 0. The fourth-order valence-corrected chi connectivity index (χ4v) is 2.29. The highest BCUT2D eigenvalue weighted by Crippen LogP contribution is 2.11. The Labute approximate surface area is 98.0 Å². The second-order valence-electron chi connectivity index (χ2n) is 4.58. The molecule has 4 heteroatoms. The first-order valence-corrected chi connectivity index (χ1v) is 6.38. The third kappa shape index (κ3) is 4.10. The summed E-state index contributed by atoms with van der Waals surface area (Å²) in [6.45, 7) is 7.48. The minimum atomic E-state index is -0.724. The van der Waals surface area contributed by atoms with Crippen LogP contribution in [-0.2, 0) is 4.79 Å². The Balaban J connectivity index is 2.28. The van der Waals surface area contributed by atoms with Gasteiger partial charge in [0.2, 0.25) is 0 Å². The molecule has 0 aliphatic carbocycles. The number of carbonyl (C=O) groups is 1. The van der Waals surface area contributed by atoms with Gasteiger partial charge in [0.05, 0.1) is 0 Å². The Bertz CT molecular complexity index is 213. The fraction of sp³-hybridized carbons (Fsp3) is 0.917. The van der Waals surface area contributed by atoms with Crippen molar-refractivity contribution in [3.63, 3.8) is 0 Å². The number of aliphatic carboxylic acids is 1. The van der Waals surface area contributed by atoms with Crippen molar-refractivity contribution >= 4 is 5.97 Å². The number of hydrogen-bond donors (Lipinski definition) is 2. The summed E-state index contributed by atoms with van der Waals surface area (Å²) in [5.41, 5.74) is 0. The normalized spacial score (nSPS) is 20.9. The number of piperidine rings is 1. The Morgan fingerprint density at radius 1 is 1.44 bits per heavy atom. The van der Waals surface area contributed by atoms with E-state index in [1.807, 2.05) is 6.92 Å². The van der Waals surface area contributed by atoms with Crippen LogP contribution in [0.25, 0.3) is 0 Å². The molecule has 1 heterocycles. The minimum Gasteiger partial charge on any atom is -0.480 e. The summed E-state index contributed by atoms with van der Waals surface area (Å²) in [4.78, 5) is 13.4. The van der Waals surface area contributed by atoms with E-state index in [9.17, 15) is 4.79 Å². The van der Waals surface area contributed by atoms with Crippen LogP contribution in [0.15, 0.2) is 0 Å². The van der Waals surface area contributed by atoms with Gasteiger partial charge in [-0.1, -0.05) is 13.8 Å². The molecule has 1 fully saturated rings. The van der Waals surface area contributed by atoms with E-state index < -0.39 is 5.97 Å². The van der Waals surface area contributed by atoms with Gasteiger partial charge in [-0.15, -0.1) is 0 Å². The lowest BCUT2D eigenvalue weighted by atomic mass is 10.0. The SMILES string of the molecule is CCCN1CCC(NC(CC)C(=O)O)CC1. The maximum Gasteiger partial charge on any atom is 0.320 e. The first kappa shape index (κ1) is 13.5. The molecule has 1 saturated heterocycles. The number of likely N-dealkylation sites (tertiary alicyclic amines) is 1. The Kier molecular flexibility index (Phi) is 5.77. The zero-order valence-electron chi connectivity index (χ0n) is 10.4. The first-order chi connectivity index (χ1) is 7.67. The average Bonchev–Trinajstić information content (AvgIpc) is 2.28. The first-order valence-electron chi connectivity index (χ1n) is 6.38. The van der Waals surface area contributed by atoms with Crippen molar-refractivity contribution in [2.75, 3.05) is 19.6 Å². The highest BCUT2D eigenvalue weighted by atomic mass is 16.4. The van der Waals surface area contributed by atoms with Crippen LogP contribution in [-0.4, -0.2) is 47.7 Å². The van der Waals surface area contributed by atoms with E-state index in [1.54, 1.807) is 0 Å². The largest absolute Gasteiger partial charge is 0.480 e. The van der Waals surface area contributed by atoms with Crippen LogP contribution in [0.4, 0.5) is 0 Å². The topological polar surface area (TPSA) is 52.6 Å². The molecule has 0 saturated carbocycles. The predicted molar refractivity (Wildman–Crippen MR) is 64.6 cm³/mol. The Morgan fingerprint density at radius 3 is 2.50 bits per heavy atom. The van der Waals surface area contributed by atoms with Crippen LogP contribution < -0.4 is 5.32 Å². The molecular formula is C12H24N2O2. The van der Waals surface area contributed by atoms with Crippen molar-refractivity contribution in [2.45, 2.75) is 51.6 Å². The van der Waals surface area contributed by atoms with Crippen molar-refractivity contribution < 1.29 is 9.90 Å². The fourth-order valence-electron chi connectivity index (χ4n) is 2.29. The van der Waals surface area contributed by atoms with E-state index >= 15 is 0 Å². The molecule has 2 N–H and O–H groups in total. The molecule has 4 nitrogen and oxygen atoms in total. The van der Waals surface area contributed by atoms with Crippen LogP contribution >= 0.6 is 0 Å². The maximum atomic E-state index is 10.9. The maximum absolute atomic E-state index is 10.9. The second-order valence-corrected chi connectivity index (χ2v) is 4.58. The Morgan fingerprint density at radius 2 is 2.06 bits per heavy atom. The minimum absolute atomic E-state index is 0.372. The van der Waals surface area contributed by atoms with Crippen LogP contribution in [0.5, 0.6) is 0 Å². The standard InChI is InChI=1S/C12H24N2O2/c1-3-7-14-8-5-10(6-9-14)13-11(4-2)12(15)16/h10-11,13H,3-9H2,1-2H3,(H,15,16). The molecule has 0 aromatic rings. The molecule has 1 aliphatic heterocycles. The lowest BCUT2D eigenvalue weighted by Gasteiger charge is -2.33. The highest BCUT2D eigenvalue weighted by Gasteiger charge is 2.23. The quantitative estimate of drug-likeness (QED) is 0.720. The summed E-state index contributed by atoms with van der Waals surface area (Å²) in [5, 5.41) is 12.2. The van der Waals surface area contributed by atoms with E-state index in [-0.39, 0.29) is 6.04 Å². The number of hydrogen-bond acceptors (Lipinski definition) is 3. The lowest BCUT2D eigenvalue weighted by molar-refractivity contribution is -0.139. The molecule has 0 aromatic carbocycles. The van der Waals surface area contributed by atoms with Crippen LogP contribution in [0, 0.1) is 0 Å². The van der Waals surface area contributed by atoms with Gasteiger partial charge in [0, 0.05) is 6.04 Å². The van der Waals surface area contributed by atoms with Gasteiger partial charge in [-0.25, -0.2) is 0 Å². The molecule has 0 spiro atoms. The van der Waals surface area contributed by atoms with Crippen molar-refractivity contribution in [3.05, 3.63) is 0 Å². The Hall–Kier alpha value is -0.610. The molecule has 0 bridgehead atoms. The average molecular weight is 228 g/mol. The van der Waals surface area contributed by atoms with Gasteiger partial charge >= 0.3 is 5.97 Å². The molecule has 0 aromatic heterocycles. The summed E-state index contributed by atoms with van der Waals surface area (Å²) >= 11 is 0. The summed E-state index contributed by atoms with van der Waals surface area (Å²) in [5.74, 6) is -0.724. The predicted octanol–water partition coefficient (Wildman–Crippen LogP) is 1.31. The molecule has 94 valence electrons. The van der Waals surface area contributed by atoms with E-state index in [1.165, 1.54) is 13.0 Å². The lowest BCUT2D eigenvalue weighted by Crippen LogP contribution is -2.48. The molecule has 1 atom stereocenters. The third-order valence-corrected chi connectivity index (χ3v) is 3.27. The van der Waals surface area contributed by atoms with E-state index in [4.69, 9.17) is 5.11 Å². The number of rotatable bonds is 6. The number of nitrogens with one attached hydrogen (secondary N) is 1. The summed E-state index contributed by atoms with van der Waals surface area (Å²) in [6.07, 6.45) is 4.00. The number of nitrogens with zero attached hydrogens (tertiary/aromatic N) is 1. The van der Waals surface area contributed by atoms with E-state index in [2.05, 4.69) is 17.1 Å². The zero-order valence-corrected chi connectivity index (χ0v) is 10.4. The molecule has 0 radical (unpaired) electrons. The molecule has 0 amide bonds. The van der Waals surface area contributed by atoms with Gasteiger partial charge < -0.3 is 15.3 Å². The van der Waals surface area contributed by atoms with Gasteiger partial charge in [0.15, 0.2) is 0 Å². The molecule has 1 aliphatic rings. The smallest absolute Gasteiger partial charge is 0.320 e. The summed E-state index contributed by atoms with van der Waals surface area (Å²) in [6, 6.07) is 0.0110. The zero-order chi connectivity index (χ0) is 12.0. The highest BCUT2D eigenvalue weighted by molar-refractivity contribution is 5.73. The van der Waals surface area contributed by atoms with Gasteiger partial charge in [0.25, 0.3) is 0 Å². The van der Waals surface area contributed by atoms with Gasteiger partial charge in [-0.2, -0.15) is 0 Å². The van der Waals surface area contributed by atoms with Crippen LogP contribution in [0.2, 0.25) is 0 Å². The van der Waals surface area contributed by atoms with Crippen molar-refractivity contribution in [2.24, 2.45) is 0 Å². The van der Waals surface area contributed by atoms with E-state index in [0.29, 0.717) is 12.5 Å².